The Labute approximate surface area is 127 Å². The smallest absolute Gasteiger partial charge is 0.410 e. The number of hydrogen-bond donors (Lipinski definition) is 2. The van der Waals surface area contributed by atoms with E-state index in [1.807, 2.05) is 6.92 Å². The van der Waals surface area contributed by atoms with Crippen LogP contribution in [0.2, 0.25) is 0 Å². The van der Waals surface area contributed by atoms with Gasteiger partial charge in [-0.05, 0) is 38.5 Å². The summed E-state index contributed by atoms with van der Waals surface area (Å²) in [7, 11) is -3.74. The first-order chi connectivity index (χ1) is 9.69. The predicted molar refractivity (Wildman–Crippen MR) is 80.9 cm³/mol. The van der Waals surface area contributed by atoms with Gasteiger partial charge in [0.25, 0.3) is 10.2 Å². The van der Waals surface area contributed by atoms with E-state index in [4.69, 9.17) is 9.88 Å². The maximum absolute atomic E-state index is 12.2. The Morgan fingerprint density at radius 2 is 2.05 bits per heavy atom. The Bertz CT molecular complexity index is 439. The minimum atomic E-state index is -3.74. The molecule has 1 heterocycles. The highest BCUT2D eigenvalue weighted by atomic mass is 32.2. The van der Waals surface area contributed by atoms with Crippen LogP contribution < -0.4 is 9.86 Å². The molecule has 2 unspecified atom stereocenters. The molecule has 0 spiro atoms. The van der Waals surface area contributed by atoms with Crippen LogP contribution in [0.4, 0.5) is 4.79 Å². The first-order valence-electron chi connectivity index (χ1n) is 7.43. The van der Waals surface area contributed by atoms with Crippen LogP contribution >= 0.6 is 0 Å². The molecule has 3 N–H and O–H groups in total. The Kier molecular flexibility index (Phi) is 6.89. The number of hydrogen-bond acceptors (Lipinski definition) is 4. The zero-order valence-electron chi connectivity index (χ0n) is 13.0. The van der Waals surface area contributed by atoms with Crippen molar-refractivity contribution in [1.82, 2.24) is 9.62 Å². The lowest BCUT2D eigenvalue weighted by Crippen LogP contribution is -2.50. The highest BCUT2D eigenvalue weighted by molar-refractivity contribution is 7.87. The minimum Gasteiger partial charge on any atom is -0.446 e. The van der Waals surface area contributed by atoms with E-state index in [0.29, 0.717) is 12.5 Å². The molecule has 124 valence electrons. The van der Waals surface area contributed by atoms with Crippen molar-refractivity contribution in [3.8, 4) is 0 Å². The normalized spacial score (nSPS) is 21.4. The fourth-order valence-electron chi connectivity index (χ4n) is 2.62. The molecule has 7 nitrogen and oxygen atoms in total. The number of nitrogens with two attached hydrogens (primary N) is 1. The monoisotopic (exact) mass is 321 g/mol. The second-order valence-corrected chi connectivity index (χ2v) is 7.44. The molecule has 0 saturated carbocycles. The highest BCUT2D eigenvalue weighted by Crippen LogP contribution is 2.19. The van der Waals surface area contributed by atoms with Gasteiger partial charge in [0.15, 0.2) is 0 Å². The van der Waals surface area contributed by atoms with E-state index in [2.05, 4.69) is 18.6 Å². The average Bonchev–Trinajstić information content (AvgIpc) is 2.34. The van der Waals surface area contributed by atoms with Gasteiger partial charge in [0.05, 0.1) is 0 Å². The third-order valence-corrected chi connectivity index (χ3v) is 4.06. The largest absolute Gasteiger partial charge is 0.446 e. The Morgan fingerprint density at radius 1 is 1.38 bits per heavy atom. The van der Waals surface area contributed by atoms with Crippen LogP contribution in [0, 0.1) is 5.92 Å². The van der Waals surface area contributed by atoms with E-state index in [-0.39, 0.29) is 24.8 Å². The molecule has 21 heavy (non-hydrogen) atoms. The van der Waals surface area contributed by atoms with Crippen molar-refractivity contribution in [2.45, 2.75) is 58.6 Å². The van der Waals surface area contributed by atoms with Crippen molar-refractivity contribution >= 4 is 16.3 Å². The minimum absolute atomic E-state index is 0.131. The van der Waals surface area contributed by atoms with Gasteiger partial charge in [0.2, 0.25) is 0 Å². The lowest BCUT2D eigenvalue weighted by Gasteiger charge is -2.35. The maximum Gasteiger partial charge on any atom is 0.410 e. The van der Waals surface area contributed by atoms with Gasteiger partial charge in [-0.15, -0.1) is 0 Å². The summed E-state index contributed by atoms with van der Waals surface area (Å²) >= 11 is 0. The van der Waals surface area contributed by atoms with Gasteiger partial charge in [0, 0.05) is 19.1 Å². The van der Waals surface area contributed by atoms with Crippen LogP contribution in [-0.2, 0) is 14.9 Å². The molecule has 0 bridgehead atoms. The van der Waals surface area contributed by atoms with Crippen LogP contribution in [0.3, 0.4) is 0 Å². The lowest BCUT2D eigenvalue weighted by atomic mass is 10.0. The predicted octanol–water partition coefficient (Wildman–Crippen LogP) is 1.21. The molecular weight excluding hydrogens is 294 g/mol. The summed E-state index contributed by atoms with van der Waals surface area (Å²) in [6.45, 7) is 6.74. The second-order valence-electron chi connectivity index (χ2n) is 6.06. The molecule has 0 aromatic heterocycles. The number of carbonyl (C=O) groups is 1. The first-order valence-corrected chi connectivity index (χ1v) is 8.98. The third-order valence-electron chi connectivity index (χ3n) is 3.49. The van der Waals surface area contributed by atoms with Gasteiger partial charge in [-0.1, -0.05) is 13.8 Å². The number of piperidine rings is 1. The summed E-state index contributed by atoms with van der Waals surface area (Å²) in [4.78, 5) is 13.8. The van der Waals surface area contributed by atoms with E-state index in [1.165, 1.54) is 0 Å². The maximum atomic E-state index is 12.2. The van der Waals surface area contributed by atoms with Gasteiger partial charge in [-0.2, -0.15) is 8.42 Å². The van der Waals surface area contributed by atoms with Crippen molar-refractivity contribution in [2.24, 2.45) is 11.1 Å². The summed E-state index contributed by atoms with van der Waals surface area (Å²) < 4.78 is 29.7. The van der Waals surface area contributed by atoms with Crippen LogP contribution in [0.25, 0.3) is 0 Å². The summed E-state index contributed by atoms with van der Waals surface area (Å²) in [6.07, 6.45) is 2.90. The Hall–Kier alpha value is -0.860. The van der Waals surface area contributed by atoms with Crippen molar-refractivity contribution in [1.29, 1.82) is 0 Å². The topological polar surface area (TPSA) is 102 Å². The van der Waals surface area contributed by atoms with Crippen molar-refractivity contribution in [2.75, 3.05) is 13.1 Å². The fourth-order valence-corrected chi connectivity index (χ4v) is 3.04. The van der Waals surface area contributed by atoms with Crippen molar-refractivity contribution < 1.29 is 17.9 Å². The van der Waals surface area contributed by atoms with Crippen molar-refractivity contribution in [3.05, 3.63) is 0 Å². The molecular formula is C13H27N3O4S. The first kappa shape index (κ1) is 18.2. The quantitative estimate of drug-likeness (QED) is 0.767. The standard InChI is InChI=1S/C13H27N3O4S/c1-10(2)8-11(3)20-13(17)16-7-5-4-6-12(16)9-15-21(14,18)19/h10-12,15H,4-9H2,1-3H3,(H2,14,18,19). The van der Waals surface area contributed by atoms with Crippen LogP contribution in [0.5, 0.6) is 0 Å². The molecule has 0 aromatic rings. The summed E-state index contributed by atoms with van der Waals surface area (Å²) in [5.41, 5.74) is 0. The number of rotatable bonds is 6. The molecule has 1 aliphatic rings. The highest BCUT2D eigenvalue weighted by Gasteiger charge is 2.29. The molecule has 8 heteroatoms. The summed E-state index contributed by atoms with van der Waals surface area (Å²) in [6, 6.07) is -0.198. The lowest BCUT2D eigenvalue weighted by molar-refractivity contribution is 0.0417. The molecule has 2 atom stereocenters. The van der Waals surface area contributed by atoms with Gasteiger partial charge in [-0.25, -0.2) is 14.7 Å². The molecule has 1 fully saturated rings. The van der Waals surface area contributed by atoms with Gasteiger partial charge < -0.3 is 9.64 Å². The van der Waals surface area contributed by atoms with Crippen LogP contribution in [0.15, 0.2) is 0 Å². The Balaban J connectivity index is 2.57. The molecule has 0 aromatic carbocycles. The average molecular weight is 321 g/mol. The van der Waals surface area contributed by atoms with Crippen molar-refractivity contribution in [3.63, 3.8) is 0 Å². The fraction of sp³-hybridized carbons (Fsp3) is 0.923. The Morgan fingerprint density at radius 3 is 2.62 bits per heavy atom. The second kappa shape index (κ2) is 7.95. The van der Waals surface area contributed by atoms with Gasteiger partial charge in [0.1, 0.15) is 6.10 Å². The van der Waals surface area contributed by atoms with E-state index in [0.717, 1.165) is 25.7 Å². The third kappa shape index (κ3) is 7.10. The molecule has 1 rings (SSSR count). The summed E-state index contributed by atoms with van der Waals surface area (Å²) in [5, 5.41) is 4.94. The number of carbonyl (C=O) groups excluding carboxylic acids is 1. The number of nitrogens with one attached hydrogen (secondary N) is 1. The van der Waals surface area contributed by atoms with E-state index in [9.17, 15) is 13.2 Å². The van der Waals surface area contributed by atoms with E-state index >= 15 is 0 Å². The molecule has 0 aliphatic carbocycles. The van der Waals surface area contributed by atoms with Gasteiger partial charge >= 0.3 is 6.09 Å². The molecule has 1 amide bonds. The SMILES string of the molecule is CC(C)CC(C)OC(=O)N1CCCCC1CNS(N)(=O)=O. The number of nitrogens with zero attached hydrogens (tertiary/aromatic N) is 1. The van der Waals surface area contributed by atoms with E-state index in [1.54, 1.807) is 4.90 Å². The van der Waals surface area contributed by atoms with E-state index < -0.39 is 10.2 Å². The number of likely N-dealkylation sites (tertiary alicyclic amines) is 1. The van der Waals surface area contributed by atoms with Gasteiger partial charge in [-0.3, -0.25) is 0 Å². The zero-order chi connectivity index (χ0) is 16.0. The number of amides is 1. The van der Waals surface area contributed by atoms with Crippen LogP contribution in [-0.4, -0.2) is 44.6 Å². The molecule has 1 saturated heterocycles. The summed E-state index contributed by atoms with van der Waals surface area (Å²) in [5.74, 6) is 0.453. The zero-order valence-corrected chi connectivity index (χ0v) is 13.9. The molecule has 1 aliphatic heterocycles. The van der Waals surface area contributed by atoms with Crippen LogP contribution in [0.1, 0.15) is 46.5 Å². The number of ether oxygens (including phenoxy) is 1. The molecule has 0 radical (unpaired) electrons.